The Morgan fingerprint density at radius 3 is 2.57 bits per heavy atom. The summed E-state index contributed by atoms with van der Waals surface area (Å²) in [4.78, 5) is 33.5. The van der Waals surface area contributed by atoms with E-state index in [-0.39, 0.29) is 12.0 Å². The normalized spacial score (nSPS) is 14.0. The first-order valence-electron chi connectivity index (χ1n) is 11.7. The lowest BCUT2D eigenvalue weighted by Gasteiger charge is -2.34. The summed E-state index contributed by atoms with van der Waals surface area (Å²) in [5.41, 5.74) is 3.86. The first-order valence-corrected chi connectivity index (χ1v) is 12.1. The second-order valence-corrected chi connectivity index (χ2v) is 9.06. The quantitative estimate of drug-likeness (QED) is 0.411. The number of hydrogen-bond donors (Lipinski definition) is 0. The topological polar surface area (TPSA) is 80.6 Å². The van der Waals surface area contributed by atoms with Gasteiger partial charge in [0.1, 0.15) is 0 Å². The Balaban J connectivity index is 1.38. The number of hydrogen-bond acceptors (Lipinski definition) is 5. The Labute approximate surface area is 208 Å². The molecule has 0 N–H and O–H groups in total. The summed E-state index contributed by atoms with van der Waals surface area (Å²) in [6.45, 7) is 4.17. The summed E-state index contributed by atoms with van der Waals surface area (Å²) >= 11 is 6.60. The van der Waals surface area contributed by atoms with Crippen LogP contribution in [0.2, 0.25) is 5.02 Å². The average molecular weight is 492 g/mol. The first-order chi connectivity index (χ1) is 16.9. The van der Waals surface area contributed by atoms with E-state index in [0.717, 1.165) is 34.0 Å². The van der Waals surface area contributed by atoms with Crippen molar-refractivity contribution in [1.82, 2.24) is 24.6 Å². The molecular formula is C26H26ClN5O3. The molecule has 5 rings (SSSR count). The molecule has 0 saturated carbocycles. The zero-order valence-electron chi connectivity index (χ0n) is 19.7. The molecule has 8 nitrogen and oxygen atoms in total. The molecule has 0 radical (unpaired) electrons. The number of fused-ring (bicyclic) bond motifs is 2. The fourth-order valence-corrected chi connectivity index (χ4v) is 4.59. The Morgan fingerprint density at radius 2 is 1.80 bits per heavy atom. The fourth-order valence-electron chi connectivity index (χ4n) is 4.33. The average Bonchev–Trinajstić information content (AvgIpc) is 3.26. The van der Waals surface area contributed by atoms with Gasteiger partial charge in [0.25, 0.3) is 5.91 Å². The van der Waals surface area contributed by atoms with Gasteiger partial charge in [0.05, 0.1) is 34.6 Å². The number of aryl methyl sites for hydroxylation is 1. The summed E-state index contributed by atoms with van der Waals surface area (Å²) in [5, 5.41) is 6.72. The molecule has 2 amide bonds. The molecule has 0 unspecified atom stereocenters. The predicted octanol–water partition coefficient (Wildman–Crippen LogP) is 4.75. The van der Waals surface area contributed by atoms with Crippen LogP contribution in [0.4, 0.5) is 4.79 Å². The lowest BCUT2D eigenvalue weighted by molar-refractivity contribution is 0.0560. The van der Waals surface area contributed by atoms with Crippen LogP contribution in [0.1, 0.15) is 23.7 Å². The van der Waals surface area contributed by atoms with Crippen molar-refractivity contribution in [2.45, 2.75) is 13.3 Å². The second-order valence-electron chi connectivity index (χ2n) is 8.66. The Hall–Kier alpha value is -3.65. The van der Waals surface area contributed by atoms with Gasteiger partial charge in [-0.15, -0.1) is 0 Å². The van der Waals surface area contributed by atoms with E-state index in [2.05, 4.69) is 5.10 Å². The molecule has 180 valence electrons. The number of ether oxygens (including phenoxy) is 1. The number of pyridine rings is 1. The van der Waals surface area contributed by atoms with Gasteiger partial charge in [-0.05, 0) is 30.7 Å². The van der Waals surface area contributed by atoms with Gasteiger partial charge in [0.15, 0.2) is 0 Å². The van der Waals surface area contributed by atoms with Crippen LogP contribution < -0.4 is 0 Å². The molecule has 0 atom stereocenters. The van der Waals surface area contributed by atoms with Crippen molar-refractivity contribution in [2.75, 3.05) is 32.8 Å². The summed E-state index contributed by atoms with van der Waals surface area (Å²) in [7, 11) is 1.90. The van der Waals surface area contributed by atoms with Crippen LogP contribution in [0.15, 0.2) is 48.7 Å². The summed E-state index contributed by atoms with van der Waals surface area (Å²) in [6.07, 6.45) is 2.29. The molecule has 1 fully saturated rings. The van der Waals surface area contributed by atoms with E-state index < -0.39 is 0 Å². The highest BCUT2D eigenvalue weighted by molar-refractivity contribution is 6.35. The maximum Gasteiger partial charge on any atom is 0.409 e. The van der Waals surface area contributed by atoms with Crippen LogP contribution in [0, 0.1) is 0 Å². The summed E-state index contributed by atoms with van der Waals surface area (Å²) < 4.78 is 7.02. The van der Waals surface area contributed by atoms with Crippen molar-refractivity contribution >= 4 is 45.4 Å². The molecule has 0 aliphatic carbocycles. The van der Waals surface area contributed by atoms with Gasteiger partial charge in [-0.25, -0.2) is 9.78 Å². The minimum absolute atomic E-state index is 0.0897. The number of carbonyl (C=O) groups is 2. The van der Waals surface area contributed by atoms with Crippen molar-refractivity contribution in [3.8, 4) is 11.3 Å². The van der Waals surface area contributed by atoms with E-state index in [9.17, 15) is 9.59 Å². The standard InChI is InChI=1S/C26H26ClN5O3/c1-3-12-35-26(34)32-10-8-31(9-11-32)25(33)18-6-7-20-21(27)15-22(29-23(20)13-18)17-4-5-19-16-28-30(2)24(19)14-17/h4-7,13-16H,3,8-12H2,1-2H3. The highest BCUT2D eigenvalue weighted by Gasteiger charge is 2.26. The highest BCUT2D eigenvalue weighted by atomic mass is 35.5. The molecule has 0 bridgehead atoms. The number of amides is 2. The molecule has 9 heteroatoms. The number of carbonyl (C=O) groups excluding carboxylic acids is 2. The van der Waals surface area contributed by atoms with Gasteiger partial charge in [-0.3, -0.25) is 9.48 Å². The fraction of sp³-hybridized carbons (Fsp3) is 0.308. The monoisotopic (exact) mass is 491 g/mol. The van der Waals surface area contributed by atoms with E-state index in [1.54, 1.807) is 21.9 Å². The van der Waals surface area contributed by atoms with E-state index in [1.807, 2.05) is 55.2 Å². The number of aromatic nitrogens is 3. The third-order valence-electron chi connectivity index (χ3n) is 6.31. The molecule has 3 heterocycles. The van der Waals surface area contributed by atoms with Crippen LogP contribution in [0.3, 0.4) is 0 Å². The van der Waals surface area contributed by atoms with Crippen LogP contribution in [-0.4, -0.2) is 69.4 Å². The molecule has 2 aromatic heterocycles. The van der Waals surface area contributed by atoms with Gasteiger partial charge >= 0.3 is 6.09 Å². The number of benzene rings is 2. The van der Waals surface area contributed by atoms with Crippen molar-refractivity contribution in [3.63, 3.8) is 0 Å². The molecule has 0 spiro atoms. The predicted molar refractivity (Wildman–Crippen MR) is 136 cm³/mol. The SMILES string of the molecule is CCCOC(=O)N1CCN(C(=O)c2ccc3c(Cl)cc(-c4ccc5cnn(C)c5c4)nc3c2)CC1. The third-order valence-corrected chi connectivity index (χ3v) is 6.62. The zero-order valence-corrected chi connectivity index (χ0v) is 20.5. The van der Waals surface area contributed by atoms with Crippen molar-refractivity contribution in [3.05, 3.63) is 59.2 Å². The Kier molecular flexibility index (Phi) is 6.30. The van der Waals surface area contributed by atoms with Crippen molar-refractivity contribution in [1.29, 1.82) is 0 Å². The number of rotatable bonds is 4. The van der Waals surface area contributed by atoms with Gasteiger partial charge in [0.2, 0.25) is 0 Å². The Morgan fingerprint density at radius 1 is 1.03 bits per heavy atom. The minimum atomic E-state index is -0.319. The summed E-state index contributed by atoms with van der Waals surface area (Å²) in [5.74, 6) is -0.0897. The molecule has 1 saturated heterocycles. The van der Waals surface area contributed by atoms with Crippen LogP contribution in [0.5, 0.6) is 0 Å². The molecule has 1 aliphatic heterocycles. The lowest BCUT2D eigenvalue weighted by Crippen LogP contribution is -2.50. The maximum absolute atomic E-state index is 13.2. The molecule has 2 aromatic carbocycles. The van der Waals surface area contributed by atoms with Gasteiger partial charge in [-0.1, -0.05) is 36.7 Å². The maximum atomic E-state index is 13.2. The summed E-state index contributed by atoms with van der Waals surface area (Å²) in [6, 6.07) is 13.3. The molecule has 4 aromatic rings. The van der Waals surface area contributed by atoms with E-state index >= 15 is 0 Å². The number of piperazine rings is 1. The van der Waals surface area contributed by atoms with Gasteiger partial charge in [0, 0.05) is 55.1 Å². The van der Waals surface area contributed by atoms with Gasteiger partial charge in [-0.2, -0.15) is 5.10 Å². The Bertz CT molecular complexity index is 1430. The third kappa shape index (κ3) is 4.53. The molecular weight excluding hydrogens is 466 g/mol. The van der Waals surface area contributed by atoms with Crippen LogP contribution in [-0.2, 0) is 11.8 Å². The minimum Gasteiger partial charge on any atom is -0.449 e. The zero-order chi connectivity index (χ0) is 24.5. The largest absolute Gasteiger partial charge is 0.449 e. The molecule has 1 aliphatic rings. The van der Waals surface area contributed by atoms with Gasteiger partial charge < -0.3 is 14.5 Å². The second kappa shape index (κ2) is 9.54. The van der Waals surface area contributed by atoms with Crippen LogP contribution in [0.25, 0.3) is 33.1 Å². The lowest BCUT2D eigenvalue weighted by atomic mass is 10.1. The highest BCUT2D eigenvalue weighted by Crippen LogP contribution is 2.30. The van der Waals surface area contributed by atoms with E-state index in [4.69, 9.17) is 21.3 Å². The van der Waals surface area contributed by atoms with Crippen molar-refractivity contribution in [2.24, 2.45) is 7.05 Å². The smallest absolute Gasteiger partial charge is 0.409 e. The molecule has 35 heavy (non-hydrogen) atoms. The number of nitrogens with zero attached hydrogens (tertiary/aromatic N) is 5. The number of halogens is 1. The van der Waals surface area contributed by atoms with Crippen LogP contribution >= 0.6 is 11.6 Å². The van der Waals surface area contributed by atoms with Crippen molar-refractivity contribution < 1.29 is 14.3 Å². The van der Waals surface area contributed by atoms with E-state index in [0.29, 0.717) is 48.9 Å². The first kappa shape index (κ1) is 23.1. The van der Waals surface area contributed by atoms with E-state index in [1.165, 1.54) is 0 Å².